The van der Waals surface area contributed by atoms with Crippen molar-refractivity contribution < 1.29 is 0 Å². The van der Waals surface area contributed by atoms with Gasteiger partial charge in [-0.3, -0.25) is 4.40 Å². The first kappa shape index (κ1) is 10.3. The molecule has 0 amide bonds. The van der Waals surface area contributed by atoms with Crippen LogP contribution in [0, 0.1) is 0 Å². The number of halogens is 1. The summed E-state index contributed by atoms with van der Waals surface area (Å²) in [7, 11) is 0. The van der Waals surface area contributed by atoms with Gasteiger partial charge in [-0.15, -0.1) is 0 Å². The van der Waals surface area contributed by atoms with Crippen molar-refractivity contribution in [3.63, 3.8) is 0 Å². The molecule has 0 aliphatic carbocycles. The Morgan fingerprint density at radius 3 is 2.88 bits per heavy atom. The van der Waals surface area contributed by atoms with Gasteiger partial charge in [0, 0.05) is 12.1 Å². The van der Waals surface area contributed by atoms with Crippen molar-refractivity contribution in [3.05, 3.63) is 34.7 Å². The average molecular weight is 280 g/mol. The van der Waals surface area contributed by atoms with Crippen molar-refractivity contribution in [2.45, 2.75) is 18.8 Å². The van der Waals surface area contributed by atoms with Gasteiger partial charge in [-0.2, -0.15) is 0 Å². The van der Waals surface area contributed by atoms with E-state index in [2.05, 4.69) is 37.9 Å². The third-order valence-corrected chi connectivity index (χ3v) is 3.86. The Morgan fingerprint density at radius 2 is 2.12 bits per heavy atom. The Hall–Kier alpha value is -0.870. The molecule has 0 aromatic carbocycles. The number of nitrogens with one attached hydrogen (secondary N) is 1. The Kier molecular flexibility index (Phi) is 2.69. The molecule has 84 valence electrons. The standard InChI is InChI=1S/C12H14BrN3/c13-11-2-1-3-12-15-10(8-16(11)12)9-4-6-14-7-5-9/h1-3,8-9,14H,4-7H2. The number of fused-ring (bicyclic) bond motifs is 1. The molecule has 1 N–H and O–H groups in total. The van der Waals surface area contributed by atoms with E-state index in [0.29, 0.717) is 5.92 Å². The summed E-state index contributed by atoms with van der Waals surface area (Å²) in [6.45, 7) is 2.22. The highest BCUT2D eigenvalue weighted by Gasteiger charge is 2.18. The quantitative estimate of drug-likeness (QED) is 0.813. The molecular weight excluding hydrogens is 266 g/mol. The lowest BCUT2D eigenvalue weighted by molar-refractivity contribution is 0.454. The molecule has 2 aromatic heterocycles. The summed E-state index contributed by atoms with van der Waals surface area (Å²) in [6, 6.07) is 6.12. The van der Waals surface area contributed by atoms with Gasteiger partial charge in [-0.1, -0.05) is 6.07 Å². The van der Waals surface area contributed by atoms with Gasteiger partial charge >= 0.3 is 0 Å². The van der Waals surface area contributed by atoms with E-state index in [4.69, 9.17) is 4.98 Å². The second-order valence-electron chi connectivity index (χ2n) is 4.27. The third kappa shape index (κ3) is 1.76. The molecule has 3 nitrogen and oxygen atoms in total. The number of aromatic nitrogens is 2. The second kappa shape index (κ2) is 4.18. The first-order valence-corrected chi connectivity index (χ1v) is 6.48. The SMILES string of the molecule is Brc1cccc2nc(C3CCNCC3)cn12. The van der Waals surface area contributed by atoms with E-state index in [1.165, 1.54) is 18.5 Å². The van der Waals surface area contributed by atoms with Gasteiger partial charge < -0.3 is 5.32 Å². The summed E-state index contributed by atoms with van der Waals surface area (Å²) in [6.07, 6.45) is 4.55. The summed E-state index contributed by atoms with van der Waals surface area (Å²) >= 11 is 3.54. The number of rotatable bonds is 1. The molecule has 0 spiro atoms. The summed E-state index contributed by atoms with van der Waals surface area (Å²) < 4.78 is 3.18. The fraction of sp³-hybridized carbons (Fsp3) is 0.417. The Balaban J connectivity index is 2.01. The van der Waals surface area contributed by atoms with Crippen LogP contribution >= 0.6 is 15.9 Å². The van der Waals surface area contributed by atoms with Gasteiger partial charge in [0.1, 0.15) is 5.65 Å². The van der Waals surface area contributed by atoms with E-state index in [1.807, 2.05) is 12.1 Å². The van der Waals surface area contributed by atoms with Crippen molar-refractivity contribution in [1.29, 1.82) is 0 Å². The van der Waals surface area contributed by atoms with Crippen LogP contribution in [-0.4, -0.2) is 22.5 Å². The molecule has 1 saturated heterocycles. The number of imidazole rings is 1. The number of hydrogen-bond acceptors (Lipinski definition) is 2. The molecule has 1 fully saturated rings. The summed E-state index contributed by atoms with van der Waals surface area (Å²) in [5.74, 6) is 0.619. The van der Waals surface area contributed by atoms with Crippen LogP contribution < -0.4 is 5.32 Å². The molecule has 4 heteroatoms. The normalized spacial score (nSPS) is 18.1. The van der Waals surface area contributed by atoms with Gasteiger partial charge in [0.15, 0.2) is 0 Å². The summed E-state index contributed by atoms with van der Waals surface area (Å²) in [4.78, 5) is 4.70. The molecule has 0 atom stereocenters. The van der Waals surface area contributed by atoms with Crippen LogP contribution in [0.3, 0.4) is 0 Å². The smallest absolute Gasteiger partial charge is 0.137 e. The minimum absolute atomic E-state index is 0.619. The molecule has 1 aliphatic rings. The number of hydrogen-bond donors (Lipinski definition) is 1. The van der Waals surface area contributed by atoms with Crippen LogP contribution in [0.5, 0.6) is 0 Å². The molecule has 0 saturated carbocycles. The Labute approximate surface area is 103 Å². The minimum atomic E-state index is 0.619. The third-order valence-electron chi connectivity index (χ3n) is 3.22. The average Bonchev–Trinajstić information content (AvgIpc) is 2.76. The molecule has 3 heterocycles. The van der Waals surface area contributed by atoms with E-state index in [9.17, 15) is 0 Å². The van der Waals surface area contributed by atoms with E-state index in [-0.39, 0.29) is 0 Å². The zero-order valence-electron chi connectivity index (χ0n) is 8.99. The predicted molar refractivity (Wildman–Crippen MR) is 67.7 cm³/mol. The number of nitrogens with zero attached hydrogens (tertiary/aromatic N) is 2. The van der Waals surface area contributed by atoms with Crippen LogP contribution in [-0.2, 0) is 0 Å². The largest absolute Gasteiger partial charge is 0.317 e. The van der Waals surface area contributed by atoms with E-state index in [1.54, 1.807) is 0 Å². The van der Waals surface area contributed by atoms with Gasteiger partial charge in [0.05, 0.1) is 10.3 Å². The highest BCUT2D eigenvalue weighted by atomic mass is 79.9. The minimum Gasteiger partial charge on any atom is -0.317 e. The number of pyridine rings is 1. The first-order valence-electron chi connectivity index (χ1n) is 5.69. The maximum Gasteiger partial charge on any atom is 0.137 e. The zero-order chi connectivity index (χ0) is 11.0. The van der Waals surface area contributed by atoms with Crippen molar-refractivity contribution >= 4 is 21.6 Å². The Bertz CT molecular complexity index is 500. The Morgan fingerprint density at radius 1 is 1.31 bits per heavy atom. The molecule has 0 unspecified atom stereocenters. The van der Waals surface area contributed by atoms with Crippen molar-refractivity contribution in [2.24, 2.45) is 0 Å². The van der Waals surface area contributed by atoms with Crippen LogP contribution in [0.25, 0.3) is 5.65 Å². The van der Waals surface area contributed by atoms with Crippen LogP contribution in [0.4, 0.5) is 0 Å². The lowest BCUT2D eigenvalue weighted by Gasteiger charge is -2.20. The van der Waals surface area contributed by atoms with E-state index in [0.717, 1.165) is 23.3 Å². The fourth-order valence-corrected chi connectivity index (χ4v) is 2.75. The molecule has 2 aromatic rings. The van der Waals surface area contributed by atoms with Crippen molar-refractivity contribution in [2.75, 3.05) is 13.1 Å². The van der Waals surface area contributed by atoms with Crippen molar-refractivity contribution in [1.82, 2.24) is 14.7 Å². The fourth-order valence-electron chi connectivity index (χ4n) is 2.31. The van der Waals surface area contributed by atoms with Crippen LogP contribution in [0.1, 0.15) is 24.5 Å². The lowest BCUT2D eigenvalue weighted by atomic mass is 9.95. The van der Waals surface area contributed by atoms with Gasteiger partial charge in [-0.25, -0.2) is 4.98 Å². The molecule has 0 bridgehead atoms. The van der Waals surface area contributed by atoms with Gasteiger partial charge in [0.25, 0.3) is 0 Å². The highest BCUT2D eigenvalue weighted by molar-refractivity contribution is 9.10. The van der Waals surface area contributed by atoms with Crippen LogP contribution in [0.15, 0.2) is 29.0 Å². The van der Waals surface area contributed by atoms with Crippen LogP contribution in [0.2, 0.25) is 0 Å². The number of piperidine rings is 1. The van der Waals surface area contributed by atoms with Crippen molar-refractivity contribution in [3.8, 4) is 0 Å². The topological polar surface area (TPSA) is 29.3 Å². The highest BCUT2D eigenvalue weighted by Crippen LogP contribution is 2.25. The first-order chi connectivity index (χ1) is 7.84. The maximum absolute atomic E-state index is 4.70. The summed E-state index contributed by atoms with van der Waals surface area (Å²) in [5.41, 5.74) is 2.26. The summed E-state index contributed by atoms with van der Waals surface area (Å²) in [5, 5.41) is 3.39. The molecule has 1 aliphatic heterocycles. The maximum atomic E-state index is 4.70. The molecule has 3 rings (SSSR count). The molecular formula is C12H14BrN3. The lowest BCUT2D eigenvalue weighted by Crippen LogP contribution is -2.26. The zero-order valence-corrected chi connectivity index (χ0v) is 10.6. The molecule has 0 radical (unpaired) electrons. The molecule has 16 heavy (non-hydrogen) atoms. The van der Waals surface area contributed by atoms with Gasteiger partial charge in [-0.05, 0) is 54.0 Å². The predicted octanol–water partition coefficient (Wildman–Crippen LogP) is 2.56. The second-order valence-corrected chi connectivity index (χ2v) is 5.08. The van der Waals surface area contributed by atoms with Gasteiger partial charge in [0.2, 0.25) is 0 Å². The monoisotopic (exact) mass is 279 g/mol. The van der Waals surface area contributed by atoms with E-state index < -0.39 is 0 Å². The van der Waals surface area contributed by atoms with E-state index >= 15 is 0 Å².